The first-order chi connectivity index (χ1) is 7.06. The van der Waals surface area contributed by atoms with Crippen LogP contribution in [-0.2, 0) is 14.4 Å². The second-order valence-corrected chi connectivity index (χ2v) is 3.11. The molecule has 0 heterocycles. The molecule has 0 aliphatic rings. The van der Waals surface area contributed by atoms with Crippen LogP contribution in [0.15, 0.2) is 0 Å². The largest absolute Gasteiger partial charge is 0.359 e. The van der Waals surface area contributed by atoms with Crippen molar-refractivity contribution in [3.05, 3.63) is 0 Å². The second kappa shape index (κ2) is 7.78. The van der Waals surface area contributed by atoms with E-state index in [4.69, 9.17) is 0 Å². The minimum absolute atomic E-state index is 0.0303. The summed E-state index contributed by atoms with van der Waals surface area (Å²) in [6.07, 6.45) is 2.01. The number of hydrogen-bond acceptors (Lipinski definition) is 3. The molecule has 3 N–H and O–H groups in total. The third-order valence-corrected chi connectivity index (χ3v) is 1.71. The first-order valence-corrected chi connectivity index (χ1v) is 4.82. The van der Waals surface area contributed by atoms with Crippen molar-refractivity contribution >= 4 is 17.7 Å². The van der Waals surface area contributed by atoms with Gasteiger partial charge in [0.1, 0.15) is 0 Å². The van der Waals surface area contributed by atoms with Gasteiger partial charge in [0.05, 0.1) is 0 Å². The molecular weight excluding hydrogens is 198 g/mol. The minimum Gasteiger partial charge on any atom is -0.359 e. The summed E-state index contributed by atoms with van der Waals surface area (Å²) in [4.78, 5) is 32.3. The molecule has 6 nitrogen and oxygen atoms in total. The van der Waals surface area contributed by atoms with Crippen molar-refractivity contribution in [2.45, 2.75) is 32.6 Å². The molecule has 0 aliphatic heterocycles. The standard InChI is InChI=1S/C9H17N3O3/c1-7(13)11-12-9(15)6-4-3-5-8(14)10-2/h3-6H2,1-2H3,(H,10,14)(H,11,13)(H,12,15). The molecule has 0 spiro atoms. The highest BCUT2D eigenvalue weighted by atomic mass is 16.2. The van der Waals surface area contributed by atoms with Gasteiger partial charge in [-0.05, 0) is 12.8 Å². The Bertz CT molecular complexity index is 241. The predicted octanol–water partition coefficient (Wildman–Crippen LogP) is -0.540. The minimum atomic E-state index is -0.311. The monoisotopic (exact) mass is 215 g/mol. The molecule has 0 saturated carbocycles. The average molecular weight is 215 g/mol. The molecular formula is C9H17N3O3. The van der Waals surface area contributed by atoms with Gasteiger partial charge < -0.3 is 5.32 Å². The van der Waals surface area contributed by atoms with Crippen molar-refractivity contribution in [2.75, 3.05) is 7.05 Å². The normalized spacial score (nSPS) is 9.20. The Morgan fingerprint density at radius 2 is 1.47 bits per heavy atom. The van der Waals surface area contributed by atoms with Gasteiger partial charge in [-0.3, -0.25) is 25.2 Å². The van der Waals surface area contributed by atoms with Crippen LogP contribution in [0.3, 0.4) is 0 Å². The van der Waals surface area contributed by atoms with E-state index < -0.39 is 0 Å². The fraction of sp³-hybridized carbons (Fsp3) is 0.667. The molecule has 0 fully saturated rings. The number of nitrogens with one attached hydrogen (secondary N) is 3. The zero-order valence-corrected chi connectivity index (χ0v) is 9.05. The highest BCUT2D eigenvalue weighted by Gasteiger charge is 2.02. The molecule has 0 aromatic rings. The molecule has 86 valence electrons. The van der Waals surface area contributed by atoms with Crippen LogP contribution >= 0.6 is 0 Å². The average Bonchev–Trinajstić information content (AvgIpc) is 2.21. The lowest BCUT2D eigenvalue weighted by Crippen LogP contribution is -2.40. The summed E-state index contributed by atoms with van der Waals surface area (Å²) in [5, 5.41) is 2.50. The van der Waals surface area contributed by atoms with Crippen molar-refractivity contribution in [1.82, 2.24) is 16.2 Å². The Morgan fingerprint density at radius 1 is 0.933 bits per heavy atom. The molecule has 3 amide bonds. The van der Waals surface area contributed by atoms with Crippen molar-refractivity contribution < 1.29 is 14.4 Å². The fourth-order valence-corrected chi connectivity index (χ4v) is 0.916. The van der Waals surface area contributed by atoms with Crippen LogP contribution in [0, 0.1) is 0 Å². The van der Waals surface area contributed by atoms with Crippen LogP contribution in [0.5, 0.6) is 0 Å². The van der Waals surface area contributed by atoms with Gasteiger partial charge in [-0.2, -0.15) is 0 Å². The Kier molecular flexibility index (Phi) is 6.96. The van der Waals surface area contributed by atoms with Gasteiger partial charge in [0.15, 0.2) is 0 Å². The summed E-state index contributed by atoms with van der Waals surface area (Å²) in [6, 6.07) is 0. The summed E-state index contributed by atoms with van der Waals surface area (Å²) in [7, 11) is 1.58. The smallest absolute Gasteiger partial charge is 0.238 e. The maximum Gasteiger partial charge on any atom is 0.238 e. The Labute approximate surface area is 88.8 Å². The molecule has 0 aromatic carbocycles. The van der Waals surface area contributed by atoms with Gasteiger partial charge in [-0.15, -0.1) is 0 Å². The summed E-state index contributed by atoms with van der Waals surface area (Å²) < 4.78 is 0. The molecule has 0 saturated heterocycles. The van der Waals surface area contributed by atoms with Gasteiger partial charge in [-0.1, -0.05) is 0 Å². The van der Waals surface area contributed by atoms with Crippen molar-refractivity contribution in [3.8, 4) is 0 Å². The SMILES string of the molecule is CNC(=O)CCCCC(=O)NNC(C)=O. The first-order valence-electron chi connectivity index (χ1n) is 4.82. The van der Waals surface area contributed by atoms with Gasteiger partial charge in [-0.25, -0.2) is 0 Å². The zero-order valence-electron chi connectivity index (χ0n) is 9.05. The van der Waals surface area contributed by atoms with Crippen LogP contribution < -0.4 is 16.2 Å². The lowest BCUT2D eigenvalue weighted by Gasteiger charge is -2.04. The molecule has 0 atom stereocenters. The van der Waals surface area contributed by atoms with E-state index in [0.717, 1.165) is 0 Å². The third-order valence-electron chi connectivity index (χ3n) is 1.71. The highest BCUT2D eigenvalue weighted by molar-refractivity contribution is 5.80. The van der Waals surface area contributed by atoms with Gasteiger partial charge in [0.25, 0.3) is 0 Å². The van der Waals surface area contributed by atoms with Crippen molar-refractivity contribution in [1.29, 1.82) is 0 Å². The molecule has 6 heteroatoms. The van der Waals surface area contributed by atoms with Crippen molar-refractivity contribution in [3.63, 3.8) is 0 Å². The Morgan fingerprint density at radius 3 is 1.93 bits per heavy atom. The number of unbranched alkanes of at least 4 members (excludes halogenated alkanes) is 1. The quantitative estimate of drug-likeness (QED) is 0.425. The third kappa shape index (κ3) is 8.73. The molecule has 0 rings (SSSR count). The Hall–Kier alpha value is -1.59. The predicted molar refractivity (Wildman–Crippen MR) is 54.5 cm³/mol. The van der Waals surface area contributed by atoms with Crippen LogP contribution in [0.2, 0.25) is 0 Å². The number of hydrogen-bond donors (Lipinski definition) is 3. The number of hydrazine groups is 1. The molecule has 15 heavy (non-hydrogen) atoms. The summed E-state index contributed by atoms with van der Waals surface area (Å²) in [6.45, 7) is 1.31. The maximum absolute atomic E-state index is 11.0. The lowest BCUT2D eigenvalue weighted by atomic mass is 10.2. The molecule has 0 unspecified atom stereocenters. The number of carbonyl (C=O) groups is 3. The molecule has 0 aliphatic carbocycles. The molecule has 0 aromatic heterocycles. The number of rotatable bonds is 5. The van der Waals surface area contributed by atoms with E-state index in [1.807, 2.05) is 0 Å². The summed E-state index contributed by atoms with van der Waals surface area (Å²) >= 11 is 0. The Balaban J connectivity index is 3.39. The van der Waals surface area contributed by atoms with Crippen LogP contribution in [-0.4, -0.2) is 24.8 Å². The van der Waals surface area contributed by atoms with Gasteiger partial charge in [0, 0.05) is 26.8 Å². The lowest BCUT2D eigenvalue weighted by molar-refractivity contribution is -0.128. The van der Waals surface area contributed by atoms with E-state index >= 15 is 0 Å². The first kappa shape index (κ1) is 13.4. The second-order valence-electron chi connectivity index (χ2n) is 3.11. The van der Waals surface area contributed by atoms with Crippen molar-refractivity contribution in [2.24, 2.45) is 0 Å². The molecule has 0 radical (unpaired) electrons. The van der Waals surface area contributed by atoms with Gasteiger partial charge >= 0.3 is 0 Å². The number of amides is 3. The van der Waals surface area contributed by atoms with Crippen LogP contribution in [0.25, 0.3) is 0 Å². The number of carbonyl (C=O) groups excluding carboxylic acids is 3. The highest BCUT2D eigenvalue weighted by Crippen LogP contribution is 1.98. The van der Waals surface area contributed by atoms with Crippen LogP contribution in [0.1, 0.15) is 32.6 Å². The van der Waals surface area contributed by atoms with E-state index in [1.54, 1.807) is 7.05 Å². The van der Waals surface area contributed by atoms with E-state index in [2.05, 4.69) is 16.2 Å². The van der Waals surface area contributed by atoms with E-state index in [1.165, 1.54) is 6.92 Å². The van der Waals surface area contributed by atoms with Gasteiger partial charge in [0.2, 0.25) is 17.7 Å². The maximum atomic E-state index is 11.0. The van der Waals surface area contributed by atoms with E-state index in [9.17, 15) is 14.4 Å². The van der Waals surface area contributed by atoms with E-state index in [-0.39, 0.29) is 17.7 Å². The fourth-order valence-electron chi connectivity index (χ4n) is 0.916. The topological polar surface area (TPSA) is 87.3 Å². The molecule has 0 bridgehead atoms. The summed E-state index contributed by atoms with van der Waals surface area (Å²) in [5.41, 5.74) is 4.43. The summed E-state index contributed by atoms with van der Waals surface area (Å²) in [5.74, 6) is -0.590. The zero-order chi connectivity index (χ0) is 11.7. The van der Waals surface area contributed by atoms with E-state index in [0.29, 0.717) is 25.7 Å². The van der Waals surface area contributed by atoms with Crippen LogP contribution in [0.4, 0.5) is 0 Å².